The molecule has 0 amide bonds. The maximum Gasteiger partial charge on any atom is 0.137 e. The Balaban J connectivity index is 2.38. The van der Waals surface area contributed by atoms with E-state index >= 15 is 0 Å². The average Bonchev–Trinajstić information content (AvgIpc) is 2.33. The lowest BCUT2D eigenvalue weighted by Gasteiger charge is -2.04. The molecule has 0 aromatic heterocycles. The zero-order valence-electron chi connectivity index (χ0n) is 10.6. The van der Waals surface area contributed by atoms with Crippen LogP contribution >= 0.6 is 34.2 Å². The van der Waals surface area contributed by atoms with Crippen molar-refractivity contribution in [1.82, 2.24) is 0 Å². The summed E-state index contributed by atoms with van der Waals surface area (Å²) in [4.78, 5) is 4.34. The molecular formula is C15H13ClINO. The number of benzene rings is 2. The lowest BCUT2D eigenvalue weighted by atomic mass is 10.1. The van der Waals surface area contributed by atoms with E-state index in [1.165, 1.54) is 0 Å². The second kappa shape index (κ2) is 5.92. The van der Waals surface area contributed by atoms with E-state index in [1.807, 2.05) is 44.2 Å². The molecule has 0 fully saturated rings. The van der Waals surface area contributed by atoms with Gasteiger partial charge in [-0.2, -0.15) is 0 Å². The Labute approximate surface area is 131 Å². The lowest BCUT2D eigenvalue weighted by molar-refractivity contribution is 0.470. The normalized spacial score (nSPS) is 11.2. The van der Waals surface area contributed by atoms with Crippen molar-refractivity contribution < 1.29 is 5.11 Å². The second-order valence-electron chi connectivity index (χ2n) is 4.40. The van der Waals surface area contributed by atoms with Crippen molar-refractivity contribution in [3.63, 3.8) is 0 Å². The first kappa shape index (κ1) is 14.3. The molecule has 0 radical (unpaired) electrons. The van der Waals surface area contributed by atoms with E-state index in [0.717, 1.165) is 14.7 Å². The number of halogens is 2. The highest BCUT2D eigenvalue weighted by molar-refractivity contribution is 14.1. The zero-order chi connectivity index (χ0) is 14.0. The van der Waals surface area contributed by atoms with Gasteiger partial charge in [0.15, 0.2) is 0 Å². The van der Waals surface area contributed by atoms with Gasteiger partial charge in [0.25, 0.3) is 0 Å². The fourth-order valence-electron chi connectivity index (χ4n) is 1.72. The maximum atomic E-state index is 9.98. The van der Waals surface area contributed by atoms with Crippen LogP contribution in [0.4, 0.5) is 5.69 Å². The molecule has 0 bridgehead atoms. The number of phenols is 1. The van der Waals surface area contributed by atoms with E-state index in [2.05, 4.69) is 27.6 Å². The summed E-state index contributed by atoms with van der Waals surface area (Å²) in [6.07, 6.45) is 1.64. The Hall–Kier alpha value is -1.07. The van der Waals surface area contributed by atoms with Gasteiger partial charge >= 0.3 is 0 Å². The predicted molar refractivity (Wildman–Crippen MR) is 89.0 cm³/mol. The van der Waals surface area contributed by atoms with Crippen LogP contribution in [0.2, 0.25) is 5.02 Å². The molecular weight excluding hydrogens is 373 g/mol. The van der Waals surface area contributed by atoms with Gasteiger partial charge in [-0.1, -0.05) is 17.7 Å². The summed E-state index contributed by atoms with van der Waals surface area (Å²) in [5.74, 6) is 0.248. The molecule has 2 rings (SSSR count). The van der Waals surface area contributed by atoms with Gasteiger partial charge in [0.1, 0.15) is 5.75 Å². The molecule has 0 aliphatic heterocycles. The quantitative estimate of drug-likeness (QED) is 0.571. The number of rotatable bonds is 2. The molecule has 98 valence electrons. The Morgan fingerprint density at radius 2 is 1.89 bits per heavy atom. The average molecular weight is 386 g/mol. The number of nitrogens with zero attached hydrogens (tertiary/aromatic N) is 1. The number of aliphatic imine (C=N–C) groups is 1. The fraction of sp³-hybridized carbons (Fsp3) is 0.133. The maximum absolute atomic E-state index is 9.98. The molecule has 2 aromatic carbocycles. The van der Waals surface area contributed by atoms with Gasteiger partial charge in [-0.25, -0.2) is 0 Å². The predicted octanol–water partition coefficient (Wildman–Crippen LogP) is 5.02. The number of hydrogen-bond donors (Lipinski definition) is 1. The first-order chi connectivity index (χ1) is 8.97. The van der Waals surface area contributed by atoms with Crippen molar-refractivity contribution in [2.45, 2.75) is 13.8 Å². The Kier molecular flexibility index (Phi) is 4.47. The van der Waals surface area contributed by atoms with Crippen molar-refractivity contribution in [3.05, 3.63) is 55.6 Å². The number of aromatic hydroxyl groups is 1. The third-order valence-electron chi connectivity index (χ3n) is 2.68. The number of aryl methyl sites for hydroxylation is 2. The largest absolute Gasteiger partial charge is 0.506 e. The van der Waals surface area contributed by atoms with Gasteiger partial charge in [-0.15, -0.1) is 0 Å². The van der Waals surface area contributed by atoms with Crippen LogP contribution in [-0.2, 0) is 0 Å². The van der Waals surface area contributed by atoms with Gasteiger partial charge in [0, 0.05) is 11.8 Å². The fourth-order valence-corrected chi connectivity index (χ4v) is 2.80. The Morgan fingerprint density at radius 3 is 2.58 bits per heavy atom. The first-order valence-corrected chi connectivity index (χ1v) is 7.22. The third kappa shape index (κ3) is 3.48. The first-order valence-electron chi connectivity index (χ1n) is 5.76. The molecule has 0 heterocycles. The van der Waals surface area contributed by atoms with Gasteiger partial charge < -0.3 is 5.11 Å². The molecule has 1 N–H and O–H groups in total. The molecule has 0 saturated heterocycles. The van der Waals surface area contributed by atoms with E-state index in [9.17, 15) is 5.11 Å². The smallest absolute Gasteiger partial charge is 0.137 e. The van der Waals surface area contributed by atoms with Gasteiger partial charge in [-0.3, -0.25) is 4.99 Å². The van der Waals surface area contributed by atoms with Gasteiger partial charge in [0.2, 0.25) is 0 Å². The summed E-state index contributed by atoms with van der Waals surface area (Å²) in [7, 11) is 0. The second-order valence-corrected chi connectivity index (χ2v) is 5.97. The lowest BCUT2D eigenvalue weighted by Crippen LogP contribution is -1.88. The molecule has 2 aromatic rings. The van der Waals surface area contributed by atoms with E-state index in [1.54, 1.807) is 6.21 Å². The molecule has 2 nitrogen and oxygen atoms in total. The van der Waals surface area contributed by atoms with E-state index in [-0.39, 0.29) is 5.75 Å². The summed E-state index contributed by atoms with van der Waals surface area (Å²) < 4.78 is 0.814. The van der Waals surface area contributed by atoms with Crippen molar-refractivity contribution in [2.24, 2.45) is 4.99 Å². The van der Waals surface area contributed by atoms with Crippen LogP contribution in [0, 0.1) is 17.4 Å². The van der Waals surface area contributed by atoms with Crippen molar-refractivity contribution in [3.8, 4) is 5.75 Å². The standard InChI is InChI=1S/C15H13ClINO/c1-9-3-4-14(12(16)6-9)18-8-11-5-10(2)7-13(17)15(11)19/h3-8,19H,1-2H3. The molecule has 19 heavy (non-hydrogen) atoms. The number of phenolic OH excluding ortho intramolecular Hbond substituents is 1. The summed E-state index contributed by atoms with van der Waals surface area (Å²) >= 11 is 8.22. The molecule has 0 unspecified atom stereocenters. The zero-order valence-corrected chi connectivity index (χ0v) is 13.5. The van der Waals surface area contributed by atoms with Gasteiger partial charge in [0.05, 0.1) is 14.3 Å². The highest BCUT2D eigenvalue weighted by Gasteiger charge is 2.05. The highest BCUT2D eigenvalue weighted by atomic mass is 127. The van der Waals surface area contributed by atoms with Crippen molar-refractivity contribution in [2.75, 3.05) is 0 Å². The van der Waals surface area contributed by atoms with E-state index < -0.39 is 0 Å². The van der Waals surface area contributed by atoms with Crippen LogP contribution in [0.3, 0.4) is 0 Å². The van der Waals surface area contributed by atoms with Crippen LogP contribution in [-0.4, -0.2) is 11.3 Å². The molecule has 4 heteroatoms. The SMILES string of the molecule is Cc1ccc(N=Cc2cc(C)cc(I)c2O)c(Cl)c1. The summed E-state index contributed by atoms with van der Waals surface area (Å²) in [5, 5.41) is 10.6. The van der Waals surface area contributed by atoms with Gasteiger partial charge in [-0.05, 0) is 71.8 Å². The summed E-state index contributed by atoms with van der Waals surface area (Å²) in [6.45, 7) is 3.96. The highest BCUT2D eigenvalue weighted by Crippen LogP contribution is 2.28. The van der Waals surface area contributed by atoms with Crippen LogP contribution in [0.1, 0.15) is 16.7 Å². The number of hydrogen-bond acceptors (Lipinski definition) is 2. The van der Waals surface area contributed by atoms with Crippen LogP contribution in [0.25, 0.3) is 0 Å². The van der Waals surface area contributed by atoms with Crippen molar-refractivity contribution >= 4 is 46.1 Å². The summed E-state index contributed by atoms with van der Waals surface area (Å²) in [5.41, 5.74) is 3.57. The van der Waals surface area contributed by atoms with E-state index in [0.29, 0.717) is 16.3 Å². The molecule has 0 spiro atoms. The third-order valence-corrected chi connectivity index (χ3v) is 3.81. The van der Waals surface area contributed by atoms with Crippen LogP contribution in [0.5, 0.6) is 5.75 Å². The summed E-state index contributed by atoms with van der Waals surface area (Å²) in [6, 6.07) is 9.51. The van der Waals surface area contributed by atoms with Crippen LogP contribution in [0.15, 0.2) is 35.3 Å². The topological polar surface area (TPSA) is 32.6 Å². The minimum absolute atomic E-state index is 0.248. The van der Waals surface area contributed by atoms with E-state index in [4.69, 9.17) is 11.6 Å². The molecule has 0 aliphatic rings. The minimum atomic E-state index is 0.248. The van der Waals surface area contributed by atoms with Crippen molar-refractivity contribution in [1.29, 1.82) is 0 Å². The molecule has 0 saturated carbocycles. The van der Waals surface area contributed by atoms with Crippen LogP contribution < -0.4 is 0 Å². The minimum Gasteiger partial charge on any atom is -0.506 e. The molecule has 0 atom stereocenters. The Bertz CT molecular complexity index is 653. The monoisotopic (exact) mass is 385 g/mol. The molecule has 0 aliphatic carbocycles. The Morgan fingerprint density at radius 1 is 1.16 bits per heavy atom.